The zero-order valence-electron chi connectivity index (χ0n) is 68.7. The lowest BCUT2D eigenvalue weighted by molar-refractivity contribution is -0.144. The summed E-state index contributed by atoms with van der Waals surface area (Å²) in [7, 11) is -1.19. The number of hydrogen-bond donors (Lipinski definition) is 5. The van der Waals surface area contributed by atoms with Crippen LogP contribution in [-0.2, 0) is 107 Å². The molecule has 5 N–H and O–H groups in total. The molecule has 38 heteroatoms. The van der Waals surface area contributed by atoms with E-state index < -0.39 is 60.7 Å². The maximum Gasteiger partial charge on any atom is 0.329 e. The Labute approximate surface area is 739 Å². The zero-order valence-corrected chi connectivity index (χ0v) is 75.7. The number of likely N-dealkylation sites (N-methyl/N-ethyl adjacent to an activating group) is 6. The molecular formula is C83H108Cl6N10O19S3. The Bertz CT molecular complexity index is 4450. The van der Waals surface area contributed by atoms with Gasteiger partial charge in [-0.15, -0.1) is 0 Å². The summed E-state index contributed by atoms with van der Waals surface area (Å²) in [5.41, 5.74) is 6.63. The highest BCUT2D eigenvalue weighted by Gasteiger charge is 2.37. The summed E-state index contributed by atoms with van der Waals surface area (Å²) in [6.07, 6.45) is -0.795. The third kappa shape index (κ3) is 30.0. The molecule has 664 valence electrons. The Balaban J connectivity index is 0.735. The van der Waals surface area contributed by atoms with E-state index in [0.29, 0.717) is 69.4 Å². The molecule has 3 atom stereocenters. The van der Waals surface area contributed by atoms with Gasteiger partial charge >= 0.3 is 5.97 Å². The van der Waals surface area contributed by atoms with Gasteiger partial charge in [0.05, 0.1) is 94.0 Å². The second-order valence-electron chi connectivity index (χ2n) is 30.4. The minimum atomic E-state index is -3.93. The Morgan fingerprint density at radius 2 is 0.702 bits per heavy atom. The third-order valence-corrected chi connectivity index (χ3v) is 27.3. The molecule has 0 radical (unpaired) electrons. The average molecular weight is 1860 g/mol. The van der Waals surface area contributed by atoms with Crippen LogP contribution in [-0.4, -0.2) is 289 Å². The van der Waals surface area contributed by atoms with Crippen molar-refractivity contribution < 1.29 is 87.5 Å². The largest absolute Gasteiger partial charge is 0.480 e. The van der Waals surface area contributed by atoms with Crippen molar-refractivity contribution in [3.8, 4) is 0 Å². The highest BCUT2D eigenvalue weighted by atomic mass is 35.5. The highest BCUT2D eigenvalue weighted by Crippen LogP contribution is 2.43. The van der Waals surface area contributed by atoms with E-state index in [1.165, 1.54) is 32.9 Å². The van der Waals surface area contributed by atoms with Crippen molar-refractivity contribution >= 4 is 129 Å². The van der Waals surface area contributed by atoms with Crippen molar-refractivity contribution in [2.75, 3.05) is 194 Å². The second kappa shape index (κ2) is 47.3. The molecule has 0 spiro atoms. The number of carbonyl (C=O) groups excluding carboxylic acids is 4. The first-order valence-electron chi connectivity index (χ1n) is 39.7. The number of carbonyl (C=O) groups is 5. The molecule has 0 saturated carbocycles. The lowest BCUT2D eigenvalue weighted by atomic mass is 9.82. The van der Waals surface area contributed by atoms with Gasteiger partial charge < -0.3 is 73.0 Å². The molecule has 0 aromatic heterocycles. The Morgan fingerprint density at radius 1 is 0.413 bits per heavy atom. The summed E-state index contributed by atoms with van der Waals surface area (Å²) in [5.74, 6) is -3.71. The van der Waals surface area contributed by atoms with Gasteiger partial charge in [0.1, 0.15) is 13.2 Å². The fourth-order valence-electron chi connectivity index (χ4n) is 14.8. The van der Waals surface area contributed by atoms with Crippen LogP contribution in [0, 0.1) is 0 Å². The van der Waals surface area contributed by atoms with E-state index in [1.807, 2.05) is 57.5 Å². The first-order valence-corrected chi connectivity index (χ1v) is 46.4. The van der Waals surface area contributed by atoms with E-state index in [2.05, 4.69) is 34.2 Å². The molecule has 3 aliphatic rings. The number of fused-ring (bicyclic) bond motifs is 3. The predicted molar refractivity (Wildman–Crippen MR) is 464 cm³/mol. The molecule has 3 heterocycles. The van der Waals surface area contributed by atoms with Crippen LogP contribution in [0.4, 0.5) is 0 Å². The number of carboxylic acids is 1. The minimum absolute atomic E-state index is 0.0265. The Morgan fingerprint density at radius 3 is 0.992 bits per heavy atom. The number of carboxylic acid groups (broad SMARTS) is 1. The van der Waals surface area contributed by atoms with Gasteiger partial charge in [-0.3, -0.25) is 19.2 Å². The van der Waals surface area contributed by atoms with Crippen molar-refractivity contribution in [3.63, 3.8) is 0 Å². The smallest absolute Gasteiger partial charge is 0.329 e. The van der Waals surface area contributed by atoms with Crippen LogP contribution in [0.2, 0.25) is 30.1 Å². The summed E-state index contributed by atoms with van der Waals surface area (Å²) in [5, 5.41) is 15.4. The van der Waals surface area contributed by atoms with Crippen LogP contribution >= 0.6 is 69.6 Å². The maximum atomic E-state index is 14.0. The van der Waals surface area contributed by atoms with Crippen molar-refractivity contribution in [1.29, 1.82) is 0 Å². The molecule has 29 nitrogen and oxygen atoms in total. The molecule has 9 rings (SSSR count). The average Bonchev–Trinajstić information content (AvgIpc) is 0.779. The fraction of sp³-hybridized carbons (Fsp3) is 0.506. The maximum absolute atomic E-state index is 14.0. The number of ether oxygens (including phenoxy) is 7. The zero-order chi connectivity index (χ0) is 87.6. The van der Waals surface area contributed by atoms with E-state index in [-0.39, 0.29) is 207 Å². The van der Waals surface area contributed by atoms with E-state index in [4.69, 9.17) is 103 Å². The summed E-state index contributed by atoms with van der Waals surface area (Å²) >= 11 is 39.0. The normalized spacial score (nSPS) is 16.0. The first kappa shape index (κ1) is 98.5. The molecule has 0 saturated heterocycles. The van der Waals surface area contributed by atoms with E-state index >= 15 is 0 Å². The molecule has 4 amide bonds. The van der Waals surface area contributed by atoms with Crippen LogP contribution in [0.5, 0.6) is 0 Å². The molecule has 0 aliphatic carbocycles. The standard InChI is InChI=1S/C83H108Cl6N10O19S3/c1-94-49-69(66-43-60(84)46-75(87)72(66)52-94)57-10-7-13-63(40-57)119(106,107)90-22-28-112-34-37-115-31-25-97(4)79(101)16-19-83(93-78(100)55-118-56-82(104)105,20-17-80(102)98(5)26-32-116-38-35-113-29-23-91-120(108,109)64-14-8-11-58(41-64)70-50-95(2)53-73-67(70)44-61(85)47-76(73)88)21-18-81(103)99(6)27-33-117-39-36-114-30-24-92-121(110,111)65-15-9-12-59(42-65)71-51-96(3)54-74-68(71)45-62(86)48-77(74)89/h7-15,40-48,69-71,90-92H,16-39,49-56H2,1-6H3,(H,93,100)(H,104,105)/t69-,70-,71-/m0/s1. The van der Waals surface area contributed by atoms with Crippen LogP contribution in [0.1, 0.15) is 106 Å². The topological polar surface area (TPSA) is 340 Å². The quantitative estimate of drug-likeness (QED) is 0.0222. The molecule has 0 bridgehead atoms. The molecular weight excluding hydrogens is 1750 g/mol. The van der Waals surface area contributed by atoms with Crippen LogP contribution < -0.4 is 19.5 Å². The molecule has 6 aromatic carbocycles. The van der Waals surface area contributed by atoms with Gasteiger partial charge in [-0.05, 0) is 163 Å². The Kier molecular flexibility index (Phi) is 38.6. The molecule has 0 unspecified atom stereocenters. The third-order valence-electron chi connectivity index (χ3n) is 21.2. The lowest BCUT2D eigenvalue weighted by Gasteiger charge is -2.36. The second-order valence-corrected chi connectivity index (χ2v) is 38.2. The number of nitrogens with one attached hydrogen (secondary N) is 4. The molecule has 121 heavy (non-hydrogen) atoms. The van der Waals surface area contributed by atoms with Gasteiger partial charge in [-0.2, -0.15) is 0 Å². The van der Waals surface area contributed by atoms with Crippen LogP contribution in [0.15, 0.2) is 124 Å². The number of amides is 4. The summed E-state index contributed by atoms with van der Waals surface area (Å²) in [6, 6.07) is 31.0. The summed E-state index contributed by atoms with van der Waals surface area (Å²) < 4.78 is 128. The fourth-order valence-corrected chi connectivity index (χ4v) is 19.7. The van der Waals surface area contributed by atoms with Gasteiger partial charge in [0.2, 0.25) is 53.7 Å². The SMILES string of the molecule is CN1Cc2c(Cl)cc(Cl)cc2[C@H](c2cccc(S(=O)(=O)NCCOCCOCCN(C)C(=O)CCC(CCC(=O)N(C)CCOCCOCCNS(=O)(=O)c3cccc([C@@H]4CN(C)Cc5c(Cl)cc(Cl)cc54)c3)(CCC(=O)N(C)CCOCCOCCNS(=O)(=O)c3cccc([C@@H]4CN(C)Cc5c(Cl)cc(Cl)cc54)c3)NC(=O)COCC(=O)O)c2)C1. The van der Waals surface area contributed by atoms with Gasteiger partial charge in [0.25, 0.3) is 0 Å². The van der Waals surface area contributed by atoms with E-state index in [0.717, 1.165) is 50.1 Å². The number of aliphatic carboxylic acids is 1. The van der Waals surface area contributed by atoms with Crippen molar-refractivity contribution in [2.45, 2.75) is 96.1 Å². The number of sulfonamides is 3. The van der Waals surface area contributed by atoms with Crippen LogP contribution in [0.25, 0.3) is 0 Å². The number of hydrogen-bond acceptors (Lipinski definition) is 21. The summed E-state index contributed by atoms with van der Waals surface area (Å²) in [6.45, 7) is 3.58. The van der Waals surface area contributed by atoms with Gasteiger partial charge in [-0.1, -0.05) is 106 Å². The predicted octanol–water partition coefficient (Wildman–Crippen LogP) is 9.35. The molecule has 3 aliphatic heterocycles. The Hall–Kier alpha value is -6.26. The lowest BCUT2D eigenvalue weighted by Crippen LogP contribution is -2.52. The highest BCUT2D eigenvalue weighted by molar-refractivity contribution is 7.90. The van der Waals surface area contributed by atoms with Crippen molar-refractivity contribution in [2.24, 2.45) is 0 Å². The molecule has 0 fully saturated rings. The van der Waals surface area contributed by atoms with Gasteiger partial charge in [-0.25, -0.2) is 44.2 Å². The van der Waals surface area contributed by atoms with Gasteiger partial charge in [0.15, 0.2) is 0 Å². The minimum Gasteiger partial charge on any atom is -0.480 e. The van der Waals surface area contributed by atoms with Gasteiger partial charge in [0, 0.05) is 172 Å². The number of nitrogens with zero attached hydrogens (tertiary/aromatic N) is 6. The number of benzene rings is 6. The van der Waals surface area contributed by atoms with Crippen molar-refractivity contribution in [3.05, 3.63) is 189 Å². The number of halogens is 6. The first-order chi connectivity index (χ1) is 57.6. The monoisotopic (exact) mass is 1850 g/mol. The molecule has 6 aromatic rings. The van der Waals surface area contributed by atoms with Crippen molar-refractivity contribution in [1.82, 2.24) is 48.9 Å². The van der Waals surface area contributed by atoms with E-state index in [1.54, 1.807) is 75.7 Å². The van der Waals surface area contributed by atoms with Crippen LogP contribution in [0.3, 0.4) is 0 Å². The summed E-state index contributed by atoms with van der Waals surface area (Å²) in [4.78, 5) is 78.2. The van der Waals surface area contributed by atoms with E-state index in [9.17, 15) is 54.3 Å². The number of rotatable bonds is 50.